The zero-order valence-corrected chi connectivity index (χ0v) is 23.4. The Morgan fingerprint density at radius 3 is 1.36 bits per heavy atom. The fourth-order valence-electron chi connectivity index (χ4n) is 5.17. The van der Waals surface area contributed by atoms with Gasteiger partial charge in [0.05, 0.1) is 32.4 Å². The number of hydrogen-bond acceptors (Lipinski definition) is 2. The molecule has 4 rings (SSSR count). The highest BCUT2D eigenvalue weighted by atomic mass is 32.1. The van der Waals surface area contributed by atoms with Crippen molar-refractivity contribution in [1.82, 2.24) is 9.80 Å². The number of carbonyl (C=O) groups is 2. The molecule has 0 spiro atoms. The number of rotatable bonds is 14. The predicted molar refractivity (Wildman–Crippen MR) is 152 cm³/mol. The molecule has 4 nitrogen and oxygen atoms in total. The van der Waals surface area contributed by atoms with Gasteiger partial charge in [0.25, 0.3) is 11.8 Å². The van der Waals surface area contributed by atoms with E-state index in [4.69, 9.17) is 0 Å². The average Bonchev–Trinajstić information content (AvgIpc) is 3.67. The van der Waals surface area contributed by atoms with Crippen LogP contribution < -0.4 is 0 Å². The average molecular weight is 523 g/mol. The Hall–Kier alpha value is -2.36. The summed E-state index contributed by atoms with van der Waals surface area (Å²) in [6.07, 6.45) is 21.7. The van der Waals surface area contributed by atoms with Crippen LogP contribution in [-0.4, -0.2) is 34.7 Å². The summed E-state index contributed by atoms with van der Waals surface area (Å²) >= 11 is 2.97. The molecule has 0 aromatic carbocycles. The van der Waals surface area contributed by atoms with E-state index in [1.54, 1.807) is 0 Å². The molecule has 4 aliphatic rings. The van der Waals surface area contributed by atoms with E-state index in [1.807, 2.05) is 34.1 Å². The van der Waals surface area contributed by atoms with Gasteiger partial charge in [-0.15, -0.1) is 0 Å². The molecule has 0 N–H and O–H groups in total. The molecule has 0 aromatic heterocycles. The van der Waals surface area contributed by atoms with E-state index in [1.165, 1.54) is 73.7 Å². The Labute approximate surface area is 224 Å². The largest absolute Gasteiger partial charge is 0.306 e. The number of nitrogens with zero attached hydrogens (tertiary/aromatic N) is 2. The minimum Gasteiger partial charge on any atom is -0.306 e. The maximum atomic E-state index is 13.9. The van der Waals surface area contributed by atoms with Gasteiger partial charge >= 0.3 is 0 Å². The normalized spacial score (nSPS) is 22.1. The molecule has 4 aliphatic heterocycles. The zero-order chi connectivity index (χ0) is 25.3. The Kier molecular flexibility index (Phi) is 9.83. The molecule has 36 heavy (non-hydrogen) atoms. The molecule has 0 fully saturated rings. The lowest BCUT2D eigenvalue weighted by Crippen LogP contribution is -2.35. The third-order valence-corrected chi connectivity index (χ3v) is 8.67. The second-order valence-electron chi connectivity index (χ2n) is 9.73. The highest BCUT2D eigenvalue weighted by molar-refractivity contribution is 7.93. The van der Waals surface area contributed by atoms with E-state index in [2.05, 4.69) is 24.2 Å². The van der Waals surface area contributed by atoms with Gasteiger partial charge in [-0.2, -0.15) is 0 Å². The van der Waals surface area contributed by atoms with Gasteiger partial charge in [0.1, 0.15) is 0 Å². The molecule has 0 saturated heterocycles. The van der Waals surface area contributed by atoms with E-state index in [-0.39, 0.29) is 11.8 Å². The van der Waals surface area contributed by atoms with Gasteiger partial charge < -0.3 is 9.80 Å². The molecule has 0 bridgehead atoms. The van der Waals surface area contributed by atoms with E-state index in [0.29, 0.717) is 24.2 Å². The van der Waals surface area contributed by atoms with Gasteiger partial charge in [-0.1, -0.05) is 111 Å². The van der Waals surface area contributed by atoms with Crippen LogP contribution in [-0.2, 0) is 9.59 Å². The van der Waals surface area contributed by atoms with Crippen molar-refractivity contribution in [2.24, 2.45) is 0 Å². The summed E-state index contributed by atoms with van der Waals surface area (Å²) < 4.78 is 0. The maximum Gasteiger partial charge on any atom is 0.261 e. The minimum atomic E-state index is -0.0239. The first-order valence-corrected chi connectivity index (χ1v) is 15.4. The number of unbranched alkanes of at least 4 members (excludes halogenated alkanes) is 10. The van der Waals surface area contributed by atoms with Crippen LogP contribution in [0.2, 0.25) is 0 Å². The van der Waals surface area contributed by atoms with Crippen molar-refractivity contribution in [2.75, 3.05) is 13.1 Å². The minimum absolute atomic E-state index is 0.0239. The van der Waals surface area contributed by atoms with Crippen LogP contribution in [0, 0.1) is 10.4 Å². The second kappa shape index (κ2) is 13.3. The van der Waals surface area contributed by atoms with Crippen LogP contribution in [0.5, 0.6) is 0 Å². The van der Waals surface area contributed by atoms with Gasteiger partial charge in [0, 0.05) is 13.1 Å². The Bertz CT molecular complexity index is 1090. The molecule has 6 heteroatoms. The summed E-state index contributed by atoms with van der Waals surface area (Å²) in [4.78, 5) is 33.5. The van der Waals surface area contributed by atoms with Crippen LogP contribution in [0.15, 0.2) is 56.7 Å². The fourth-order valence-corrected chi connectivity index (χ4v) is 6.59. The molecule has 0 unspecified atom stereocenters. The fraction of sp³-hybridized carbons (Fsp3) is 0.533. The van der Waals surface area contributed by atoms with Crippen molar-refractivity contribution in [2.45, 2.75) is 90.9 Å². The predicted octanol–water partition coefficient (Wildman–Crippen LogP) is 7.64. The van der Waals surface area contributed by atoms with Crippen molar-refractivity contribution in [3.8, 4) is 10.4 Å². The van der Waals surface area contributed by atoms with Crippen LogP contribution in [0.25, 0.3) is 0 Å². The number of allylic oxidation sites excluding steroid dienone is 4. The first-order chi connectivity index (χ1) is 17.7. The molecule has 2 amide bonds. The van der Waals surface area contributed by atoms with E-state index in [0.717, 1.165) is 46.9 Å². The molecule has 0 aliphatic carbocycles. The van der Waals surface area contributed by atoms with Gasteiger partial charge in [-0.05, 0) is 37.1 Å². The summed E-state index contributed by atoms with van der Waals surface area (Å²) in [5.74, 6) is -0.0479. The summed E-state index contributed by atoms with van der Waals surface area (Å²) in [5.41, 5.74) is 2.78. The Morgan fingerprint density at radius 1 is 0.611 bits per heavy atom. The first-order valence-electron chi connectivity index (χ1n) is 13.7. The van der Waals surface area contributed by atoms with Gasteiger partial charge in [-0.25, -0.2) is 0 Å². The molecular weight excluding hydrogens is 484 g/mol. The number of amides is 2. The summed E-state index contributed by atoms with van der Waals surface area (Å²) in [7, 11) is 0. The molecule has 192 valence electrons. The lowest BCUT2D eigenvalue weighted by Gasteiger charge is -2.27. The quantitative estimate of drug-likeness (QED) is 0.220. The topological polar surface area (TPSA) is 40.6 Å². The third-order valence-electron chi connectivity index (χ3n) is 7.06. The molecule has 0 atom stereocenters. The first kappa shape index (κ1) is 26.7. The van der Waals surface area contributed by atoms with Crippen molar-refractivity contribution in [3.63, 3.8) is 0 Å². The summed E-state index contributed by atoms with van der Waals surface area (Å²) in [5, 5.41) is 6.32. The molecule has 4 heterocycles. The van der Waals surface area contributed by atoms with Crippen LogP contribution in [0.3, 0.4) is 0 Å². The van der Waals surface area contributed by atoms with Gasteiger partial charge in [0.2, 0.25) is 0 Å². The van der Waals surface area contributed by atoms with E-state index >= 15 is 0 Å². The molecule has 0 radical (unpaired) electrons. The summed E-state index contributed by atoms with van der Waals surface area (Å²) in [6.45, 7) is 5.75. The standard InChI is InChI=1S/C30H38N2O2S2/c1-3-5-7-9-11-13-19-31-27(23-17-15-21-35-23)25-26(29(31)33)28(24-18-16-22-36-24)32(30(25)34)20-14-12-10-8-6-4-2/h15-18H,3-14,19-20H2,1-2H3. The van der Waals surface area contributed by atoms with Crippen molar-refractivity contribution >= 4 is 34.2 Å². The van der Waals surface area contributed by atoms with E-state index < -0.39 is 0 Å². The third kappa shape index (κ3) is 5.79. The van der Waals surface area contributed by atoms with Crippen LogP contribution >= 0.6 is 22.3 Å². The molecule has 0 aromatic rings. The molecular formula is C30H38N2O2S2. The smallest absolute Gasteiger partial charge is 0.261 e. The van der Waals surface area contributed by atoms with Crippen LogP contribution in [0.4, 0.5) is 0 Å². The van der Waals surface area contributed by atoms with Crippen LogP contribution in [0.1, 0.15) is 90.9 Å². The molecule has 0 saturated carbocycles. The number of carbonyl (C=O) groups excluding carboxylic acids is 2. The van der Waals surface area contributed by atoms with Gasteiger partial charge in [-0.3, -0.25) is 9.59 Å². The van der Waals surface area contributed by atoms with Crippen molar-refractivity contribution < 1.29 is 9.59 Å². The maximum absolute atomic E-state index is 13.9. The van der Waals surface area contributed by atoms with Gasteiger partial charge in [0.15, 0.2) is 0 Å². The monoisotopic (exact) mass is 522 g/mol. The Morgan fingerprint density at radius 2 is 1.00 bits per heavy atom. The summed E-state index contributed by atoms with van der Waals surface area (Å²) in [6, 6.07) is 0. The zero-order valence-electron chi connectivity index (χ0n) is 21.7. The highest BCUT2D eigenvalue weighted by Gasteiger charge is 2.49. The SMILES string of the molecule is CCCCCCCCN1C(=O)C2=C(C(=O)N(CCCCCCCC)C2=C2C=CC#S2)C1=C1C=CC#S1. The second-order valence-corrected chi connectivity index (χ2v) is 11.5. The Balaban J connectivity index is 1.59. The lowest BCUT2D eigenvalue weighted by atomic mass is 10.1. The van der Waals surface area contributed by atoms with Crippen molar-refractivity contribution in [1.29, 1.82) is 0 Å². The highest BCUT2D eigenvalue weighted by Crippen LogP contribution is 2.46. The lowest BCUT2D eigenvalue weighted by molar-refractivity contribution is -0.125. The van der Waals surface area contributed by atoms with E-state index in [9.17, 15) is 9.59 Å². The van der Waals surface area contributed by atoms with Crippen molar-refractivity contribution in [3.05, 3.63) is 56.7 Å². The number of hydrogen-bond donors (Lipinski definition) is 0.